The number of hydrogen-bond donors (Lipinski definition) is 1. The molecule has 0 saturated carbocycles. The van der Waals surface area contributed by atoms with Gasteiger partial charge in [-0.3, -0.25) is 0 Å². The Bertz CT molecular complexity index is 1300. The lowest BCUT2D eigenvalue weighted by Gasteiger charge is -2.29. The van der Waals surface area contributed by atoms with Gasteiger partial charge in [0.05, 0.1) is 43.4 Å². The predicted octanol–water partition coefficient (Wildman–Crippen LogP) is 3.15. The molecule has 0 radical (unpaired) electrons. The molecule has 9 heteroatoms. The van der Waals surface area contributed by atoms with Crippen LogP contribution in [0.25, 0.3) is 22.2 Å². The fourth-order valence-corrected chi connectivity index (χ4v) is 3.95. The minimum absolute atomic E-state index is 0.272. The molecule has 1 saturated heterocycles. The highest BCUT2D eigenvalue weighted by Crippen LogP contribution is 2.33. The number of aliphatic hydroxyl groups is 1. The maximum atomic E-state index is 14.9. The van der Waals surface area contributed by atoms with Gasteiger partial charge in [0.25, 0.3) is 0 Å². The highest BCUT2D eigenvalue weighted by Gasteiger charge is 2.19. The minimum Gasteiger partial charge on any atom is -0.495 e. The average Bonchev–Trinajstić information content (AvgIpc) is 2.88. The van der Waals surface area contributed by atoms with Crippen LogP contribution in [0.5, 0.6) is 5.75 Å². The van der Waals surface area contributed by atoms with Gasteiger partial charge in [0.1, 0.15) is 24.0 Å². The average molecular weight is 447 g/mol. The van der Waals surface area contributed by atoms with Crippen molar-refractivity contribution in [2.45, 2.75) is 6.10 Å². The van der Waals surface area contributed by atoms with E-state index in [1.165, 1.54) is 31.8 Å². The van der Waals surface area contributed by atoms with Crippen molar-refractivity contribution in [3.05, 3.63) is 72.1 Å². The van der Waals surface area contributed by atoms with Gasteiger partial charge in [-0.1, -0.05) is 6.07 Å². The van der Waals surface area contributed by atoms with E-state index in [-0.39, 0.29) is 5.56 Å². The Kier molecular flexibility index (Phi) is 5.80. The lowest BCUT2D eigenvalue weighted by Crippen LogP contribution is -2.36. The number of nitrogens with zero attached hydrogens (tertiary/aromatic N) is 5. The summed E-state index contributed by atoms with van der Waals surface area (Å²) in [7, 11) is 1.51. The molecule has 168 valence electrons. The highest BCUT2D eigenvalue weighted by atomic mass is 19.1. The summed E-state index contributed by atoms with van der Waals surface area (Å²) in [5, 5.41) is 19.4. The lowest BCUT2D eigenvalue weighted by molar-refractivity contribution is 0.122. The van der Waals surface area contributed by atoms with Crippen molar-refractivity contribution in [2.75, 3.05) is 38.3 Å². The Morgan fingerprint density at radius 2 is 1.94 bits per heavy atom. The Labute approximate surface area is 189 Å². The molecule has 0 bridgehead atoms. The van der Waals surface area contributed by atoms with Crippen LogP contribution < -0.4 is 9.64 Å². The molecule has 2 aromatic carbocycles. The molecular formula is C24H22FN5O3. The van der Waals surface area contributed by atoms with Gasteiger partial charge in [-0.15, -0.1) is 0 Å². The number of rotatable bonds is 5. The first-order chi connectivity index (χ1) is 16.1. The van der Waals surface area contributed by atoms with Gasteiger partial charge >= 0.3 is 0 Å². The number of hydrogen-bond acceptors (Lipinski definition) is 8. The van der Waals surface area contributed by atoms with Gasteiger partial charge in [-0.2, -0.15) is 10.2 Å². The second-order valence-corrected chi connectivity index (χ2v) is 7.69. The van der Waals surface area contributed by atoms with E-state index in [2.05, 4.69) is 25.1 Å². The molecule has 5 rings (SSSR count). The van der Waals surface area contributed by atoms with Crippen LogP contribution in [0.2, 0.25) is 0 Å². The van der Waals surface area contributed by atoms with E-state index < -0.39 is 11.9 Å². The zero-order valence-electron chi connectivity index (χ0n) is 18.0. The number of ether oxygens (including phenoxy) is 2. The molecule has 0 aliphatic carbocycles. The van der Waals surface area contributed by atoms with Crippen molar-refractivity contribution in [3.8, 4) is 17.0 Å². The van der Waals surface area contributed by atoms with Crippen molar-refractivity contribution in [1.29, 1.82) is 0 Å². The Morgan fingerprint density at radius 3 is 2.76 bits per heavy atom. The van der Waals surface area contributed by atoms with Gasteiger partial charge in [-0.05, 0) is 35.9 Å². The molecule has 0 amide bonds. The zero-order chi connectivity index (χ0) is 22.8. The number of morpholine rings is 1. The molecule has 1 N–H and O–H groups in total. The van der Waals surface area contributed by atoms with Crippen LogP contribution in [0.15, 0.2) is 55.0 Å². The number of aromatic nitrogens is 4. The number of anilines is 1. The topological polar surface area (TPSA) is 93.5 Å². The van der Waals surface area contributed by atoms with E-state index in [4.69, 9.17) is 9.47 Å². The van der Waals surface area contributed by atoms with Gasteiger partial charge in [0, 0.05) is 35.8 Å². The van der Waals surface area contributed by atoms with Gasteiger partial charge < -0.3 is 19.5 Å². The molecule has 4 aromatic rings. The molecular weight excluding hydrogens is 425 g/mol. The molecule has 1 atom stereocenters. The normalized spacial score (nSPS) is 14.9. The van der Waals surface area contributed by atoms with Gasteiger partial charge in [0.2, 0.25) is 0 Å². The molecule has 1 aliphatic rings. The zero-order valence-corrected chi connectivity index (χ0v) is 18.0. The molecule has 2 aromatic heterocycles. The molecule has 3 heterocycles. The Morgan fingerprint density at radius 1 is 1.09 bits per heavy atom. The maximum Gasteiger partial charge on any atom is 0.140 e. The second kappa shape index (κ2) is 9.05. The molecule has 8 nitrogen and oxygen atoms in total. The predicted molar refractivity (Wildman–Crippen MR) is 121 cm³/mol. The summed E-state index contributed by atoms with van der Waals surface area (Å²) >= 11 is 0. The van der Waals surface area contributed by atoms with E-state index >= 15 is 0 Å². The quantitative estimate of drug-likeness (QED) is 0.499. The second-order valence-electron chi connectivity index (χ2n) is 7.69. The third kappa shape index (κ3) is 4.20. The summed E-state index contributed by atoms with van der Waals surface area (Å²) in [4.78, 5) is 11.0. The molecule has 0 spiro atoms. The maximum absolute atomic E-state index is 14.9. The summed E-state index contributed by atoms with van der Waals surface area (Å²) < 4.78 is 25.5. The number of aliphatic hydroxyl groups excluding tert-OH is 1. The monoisotopic (exact) mass is 447 g/mol. The summed E-state index contributed by atoms with van der Waals surface area (Å²) in [6, 6.07) is 11.9. The van der Waals surface area contributed by atoms with Crippen LogP contribution in [0, 0.1) is 5.82 Å². The van der Waals surface area contributed by atoms with Gasteiger partial charge in [0.15, 0.2) is 0 Å². The third-order valence-corrected chi connectivity index (χ3v) is 5.72. The van der Waals surface area contributed by atoms with Crippen molar-refractivity contribution in [1.82, 2.24) is 20.2 Å². The SMILES string of the molecule is COc1cnnc(C(O)c2ccc(F)c(-c3ncnc4cc(N5CCOCC5)ccc34)c2)c1. The summed E-state index contributed by atoms with van der Waals surface area (Å²) in [5.41, 5.74) is 3.25. The van der Waals surface area contributed by atoms with Crippen LogP contribution in [0.3, 0.4) is 0 Å². The van der Waals surface area contributed by atoms with Crippen LogP contribution in [-0.4, -0.2) is 58.7 Å². The summed E-state index contributed by atoms with van der Waals surface area (Å²) in [6.07, 6.45) is 1.77. The molecule has 1 unspecified atom stereocenters. The molecule has 1 aliphatic heterocycles. The van der Waals surface area contributed by atoms with Crippen molar-refractivity contribution >= 4 is 16.6 Å². The van der Waals surface area contributed by atoms with E-state index in [0.717, 1.165) is 24.2 Å². The van der Waals surface area contributed by atoms with Crippen LogP contribution in [0.4, 0.5) is 10.1 Å². The largest absolute Gasteiger partial charge is 0.495 e. The highest BCUT2D eigenvalue weighted by molar-refractivity contribution is 5.94. The van der Waals surface area contributed by atoms with Crippen molar-refractivity contribution < 1.29 is 19.0 Å². The van der Waals surface area contributed by atoms with Crippen LogP contribution >= 0.6 is 0 Å². The number of benzene rings is 2. The standard InChI is InChI=1S/C24H22FN5O3/c1-32-17-12-22(29-28-13-17)24(31)15-2-5-20(25)19(10-15)23-18-4-3-16(11-21(18)26-14-27-23)30-6-8-33-9-7-30/h2-5,10-14,24,31H,6-9H2,1H3. The molecule has 1 fully saturated rings. The van der Waals surface area contributed by atoms with E-state index in [1.54, 1.807) is 12.1 Å². The Hall–Kier alpha value is -3.69. The molecule has 33 heavy (non-hydrogen) atoms. The number of halogens is 1. The van der Waals surface area contributed by atoms with E-state index in [0.29, 0.717) is 41.4 Å². The van der Waals surface area contributed by atoms with E-state index in [9.17, 15) is 9.50 Å². The van der Waals surface area contributed by atoms with Crippen LogP contribution in [0.1, 0.15) is 17.4 Å². The Balaban J connectivity index is 1.54. The fraction of sp³-hybridized carbons (Fsp3) is 0.250. The fourth-order valence-electron chi connectivity index (χ4n) is 3.95. The minimum atomic E-state index is -1.10. The van der Waals surface area contributed by atoms with E-state index in [1.807, 2.05) is 18.2 Å². The van der Waals surface area contributed by atoms with Gasteiger partial charge in [-0.25, -0.2) is 14.4 Å². The number of fused-ring (bicyclic) bond motifs is 1. The first-order valence-corrected chi connectivity index (χ1v) is 10.6. The van der Waals surface area contributed by atoms with Crippen molar-refractivity contribution in [2.24, 2.45) is 0 Å². The summed E-state index contributed by atoms with van der Waals surface area (Å²) in [5.74, 6) is 0.0270. The first kappa shape index (κ1) is 21.2. The number of methoxy groups -OCH3 is 1. The first-order valence-electron chi connectivity index (χ1n) is 10.6. The third-order valence-electron chi connectivity index (χ3n) is 5.72. The lowest BCUT2D eigenvalue weighted by atomic mass is 9.99. The van der Waals surface area contributed by atoms with Crippen molar-refractivity contribution in [3.63, 3.8) is 0 Å². The van der Waals surface area contributed by atoms with Crippen LogP contribution in [-0.2, 0) is 4.74 Å². The smallest absolute Gasteiger partial charge is 0.140 e. The summed E-state index contributed by atoms with van der Waals surface area (Å²) in [6.45, 7) is 2.99.